The predicted octanol–water partition coefficient (Wildman–Crippen LogP) is -0.401. The van der Waals surface area contributed by atoms with Gasteiger partial charge in [0, 0.05) is 52.6 Å². The van der Waals surface area contributed by atoms with Crippen molar-refractivity contribution in [2.24, 2.45) is 22.9 Å². The molecule has 0 saturated carbocycles. The van der Waals surface area contributed by atoms with Crippen LogP contribution >= 0.6 is 0 Å². The van der Waals surface area contributed by atoms with E-state index in [0.717, 1.165) is 12.8 Å². The second kappa shape index (κ2) is 13.3. The normalized spacial score (nSPS) is 15.4. The van der Waals surface area contributed by atoms with Crippen LogP contribution in [0.1, 0.15) is 25.7 Å². The molecule has 0 bridgehead atoms. The molecule has 0 aromatic carbocycles. The standard InChI is InChI=1S/C14H38N4O5Si2/c1-19-24(20-2,11-7-13(17)5-9-15)23-25(21-3,22-4)12-8-14(18)6-10-16/h13-14H,5-12,15-18H2,1-4H3. The Labute approximate surface area is 154 Å². The molecule has 25 heavy (non-hydrogen) atoms. The lowest BCUT2D eigenvalue weighted by molar-refractivity contribution is 0.0851. The zero-order chi connectivity index (χ0) is 19.3. The fraction of sp³-hybridized carbons (Fsp3) is 1.00. The number of hydrogen-bond donors (Lipinski definition) is 4. The van der Waals surface area contributed by atoms with E-state index in [1.807, 2.05) is 0 Å². The summed E-state index contributed by atoms with van der Waals surface area (Å²) in [5, 5.41) is 0. The fourth-order valence-corrected chi connectivity index (χ4v) is 9.17. The molecule has 0 aromatic heterocycles. The van der Waals surface area contributed by atoms with Gasteiger partial charge in [0.25, 0.3) is 0 Å². The Hall–Kier alpha value is 0.0738. The van der Waals surface area contributed by atoms with E-state index in [1.165, 1.54) is 0 Å². The Bertz CT molecular complexity index is 306. The number of nitrogens with two attached hydrogens (primary N) is 4. The van der Waals surface area contributed by atoms with E-state index in [4.69, 9.17) is 44.8 Å². The van der Waals surface area contributed by atoms with E-state index in [-0.39, 0.29) is 12.1 Å². The van der Waals surface area contributed by atoms with Gasteiger partial charge in [-0.2, -0.15) is 0 Å². The first-order chi connectivity index (χ1) is 11.9. The fourth-order valence-electron chi connectivity index (χ4n) is 2.52. The Morgan fingerprint density at radius 3 is 1.20 bits per heavy atom. The Morgan fingerprint density at radius 1 is 0.640 bits per heavy atom. The van der Waals surface area contributed by atoms with E-state index < -0.39 is 17.6 Å². The van der Waals surface area contributed by atoms with E-state index in [9.17, 15) is 0 Å². The zero-order valence-corrected chi connectivity index (χ0v) is 18.2. The Kier molecular flexibility index (Phi) is 13.3. The summed E-state index contributed by atoms with van der Waals surface area (Å²) < 4.78 is 28.9. The topological polar surface area (TPSA) is 150 Å². The molecule has 0 aliphatic rings. The van der Waals surface area contributed by atoms with Crippen molar-refractivity contribution in [1.82, 2.24) is 0 Å². The summed E-state index contributed by atoms with van der Waals surface area (Å²) in [6.07, 6.45) is 2.86. The molecule has 0 radical (unpaired) electrons. The largest absolute Gasteiger partial charge is 0.493 e. The van der Waals surface area contributed by atoms with Gasteiger partial charge in [-0.3, -0.25) is 0 Å². The maximum Gasteiger partial charge on any atom is 0.493 e. The summed E-state index contributed by atoms with van der Waals surface area (Å²) >= 11 is 0. The van der Waals surface area contributed by atoms with Gasteiger partial charge in [0.05, 0.1) is 0 Å². The molecular weight excluding hydrogens is 360 g/mol. The van der Waals surface area contributed by atoms with Crippen LogP contribution in [0, 0.1) is 0 Å². The monoisotopic (exact) mass is 398 g/mol. The van der Waals surface area contributed by atoms with Gasteiger partial charge >= 0.3 is 17.6 Å². The van der Waals surface area contributed by atoms with Crippen LogP contribution in [0.15, 0.2) is 0 Å². The molecular formula is C14H38N4O5Si2. The highest BCUT2D eigenvalue weighted by molar-refractivity contribution is 6.75. The van der Waals surface area contributed by atoms with Gasteiger partial charge < -0.3 is 44.8 Å². The maximum absolute atomic E-state index is 6.29. The molecule has 2 unspecified atom stereocenters. The van der Waals surface area contributed by atoms with Crippen LogP contribution in [0.25, 0.3) is 0 Å². The summed E-state index contributed by atoms with van der Waals surface area (Å²) in [6, 6.07) is 1.09. The van der Waals surface area contributed by atoms with Gasteiger partial charge in [-0.15, -0.1) is 0 Å². The number of rotatable bonds is 16. The van der Waals surface area contributed by atoms with Crippen molar-refractivity contribution in [1.29, 1.82) is 0 Å². The molecule has 0 saturated heterocycles. The molecule has 11 heteroatoms. The molecule has 0 fully saturated rings. The van der Waals surface area contributed by atoms with Gasteiger partial charge in [0.2, 0.25) is 0 Å². The Balaban J connectivity index is 5.02. The highest BCUT2D eigenvalue weighted by Crippen LogP contribution is 2.27. The van der Waals surface area contributed by atoms with Crippen molar-refractivity contribution in [3.63, 3.8) is 0 Å². The lowest BCUT2D eigenvalue weighted by Crippen LogP contribution is -2.58. The van der Waals surface area contributed by atoms with E-state index in [2.05, 4.69) is 0 Å². The third kappa shape index (κ3) is 9.01. The summed E-state index contributed by atoms with van der Waals surface area (Å²) in [5.74, 6) is 0. The van der Waals surface area contributed by atoms with Crippen molar-refractivity contribution >= 4 is 17.6 Å². The molecule has 0 aliphatic carbocycles. The predicted molar refractivity (Wildman–Crippen MR) is 103 cm³/mol. The first-order valence-electron chi connectivity index (χ1n) is 8.68. The smallest absolute Gasteiger partial charge is 0.377 e. The minimum atomic E-state index is -2.98. The molecule has 9 nitrogen and oxygen atoms in total. The van der Waals surface area contributed by atoms with Crippen LogP contribution in [0.2, 0.25) is 12.1 Å². The average molecular weight is 399 g/mol. The lowest BCUT2D eigenvalue weighted by Gasteiger charge is -2.36. The van der Waals surface area contributed by atoms with E-state index in [1.54, 1.807) is 28.4 Å². The lowest BCUT2D eigenvalue weighted by atomic mass is 10.2. The zero-order valence-electron chi connectivity index (χ0n) is 16.2. The molecule has 152 valence electrons. The van der Waals surface area contributed by atoms with Crippen LogP contribution in [0.4, 0.5) is 0 Å². The highest BCUT2D eigenvalue weighted by Gasteiger charge is 2.51. The van der Waals surface area contributed by atoms with Crippen molar-refractivity contribution < 1.29 is 21.8 Å². The Morgan fingerprint density at radius 2 is 0.960 bits per heavy atom. The molecule has 0 heterocycles. The van der Waals surface area contributed by atoms with Gasteiger partial charge in [0.15, 0.2) is 0 Å². The van der Waals surface area contributed by atoms with Crippen LogP contribution < -0.4 is 22.9 Å². The minimum Gasteiger partial charge on any atom is -0.377 e. The molecule has 0 rings (SSSR count). The number of hydrogen-bond acceptors (Lipinski definition) is 9. The molecule has 8 N–H and O–H groups in total. The molecule has 0 spiro atoms. The average Bonchev–Trinajstić information content (AvgIpc) is 2.62. The SMILES string of the molecule is CO[Si](CCC(N)CCN)(OC)O[Si](CCC(N)CCN)(OC)OC. The van der Waals surface area contributed by atoms with Gasteiger partial charge in [0.1, 0.15) is 0 Å². The summed E-state index contributed by atoms with van der Waals surface area (Å²) in [4.78, 5) is 0. The van der Waals surface area contributed by atoms with Crippen LogP contribution in [0.5, 0.6) is 0 Å². The van der Waals surface area contributed by atoms with Gasteiger partial charge in [-0.1, -0.05) is 0 Å². The van der Waals surface area contributed by atoms with E-state index >= 15 is 0 Å². The molecule has 0 amide bonds. The molecule has 2 atom stereocenters. The van der Waals surface area contributed by atoms with Crippen LogP contribution in [-0.2, 0) is 21.8 Å². The van der Waals surface area contributed by atoms with E-state index in [0.29, 0.717) is 38.0 Å². The second-order valence-electron chi connectivity index (χ2n) is 6.04. The quantitative estimate of drug-likeness (QED) is 0.254. The van der Waals surface area contributed by atoms with Gasteiger partial charge in [-0.05, 0) is 38.8 Å². The van der Waals surface area contributed by atoms with Gasteiger partial charge in [-0.25, -0.2) is 0 Å². The van der Waals surface area contributed by atoms with Crippen molar-refractivity contribution in [2.75, 3.05) is 41.5 Å². The second-order valence-corrected chi connectivity index (χ2v) is 12.2. The minimum absolute atomic E-state index is 0.0232. The van der Waals surface area contributed by atoms with Crippen molar-refractivity contribution in [3.05, 3.63) is 0 Å². The van der Waals surface area contributed by atoms with Crippen molar-refractivity contribution in [2.45, 2.75) is 49.9 Å². The summed E-state index contributed by atoms with van der Waals surface area (Å²) in [5.41, 5.74) is 23.2. The first-order valence-corrected chi connectivity index (χ1v) is 12.5. The molecule has 0 aliphatic heterocycles. The first kappa shape index (κ1) is 25.1. The van der Waals surface area contributed by atoms with Crippen LogP contribution in [0.3, 0.4) is 0 Å². The van der Waals surface area contributed by atoms with Crippen molar-refractivity contribution in [3.8, 4) is 0 Å². The summed E-state index contributed by atoms with van der Waals surface area (Å²) in [6.45, 7) is 1.09. The van der Waals surface area contributed by atoms with Crippen LogP contribution in [-0.4, -0.2) is 71.2 Å². The molecule has 0 aromatic rings. The third-order valence-electron chi connectivity index (χ3n) is 4.27. The third-order valence-corrected chi connectivity index (χ3v) is 11.1. The highest BCUT2D eigenvalue weighted by atomic mass is 28.5. The maximum atomic E-state index is 6.29. The summed E-state index contributed by atoms with van der Waals surface area (Å²) in [7, 11) is 0.357.